The van der Waals surface area contributed by atoms with Crippen molar-refractivity contribution in [1.82, 2.24) is 0 Å². The molecule has 0 heterocycles. The van der Waals surface area contributed by atoms with Crippen molar-refractivity contribution in [3.63, 3.8) is 0 Å². The van der Waals surface area contributed by atoms with Crippen molar-refractivity contribution < 1.29 is 9.90 Å². The van der Waals surface area contributed by atoms with Crippen LogP contribution in [0.1, 0.15) is 38.5 Å². The van der Waals surface area contributed by atoms with E-state index in [2.05, 4.69) is 0 Å². The van der Waals surface area contributed by atoms with Crippen LogP contribution >= 0.6 is 0 Å². The highest BCUT2D eigenvalue weighted by molar-refractivity contribution is 5.72. The Hall–Kier alpha value is -1.04. The van der Waals surface area contributed by atoms with E-state index in [0.29, 0.717) is 12.3 Å². The lowest BCUT2D eigenvalue weighted by Crippen LogP contribution is -2.17. The van der Waals surface area contributed by atoms with Crippen molar-refractivity contribution >= 4 is 5.97 Å². The van der Waals surface area contributed by atoms with Crippen molar-refractivity contribution in [2.75, 3.05) is 0 Å². The zero-order valence-electron chi connectivity index (χ0n) is 7.70. The molecule has 0 aromatic heterocycles. The number of aliphatic carboxylic acids is 1. The molecule has 1 aliphatic carbocycles. The topological polar surface area (TPSA) is 61.1 Å². The van der Waals surface area contributed by atoms with Crippen molar-refractivity contribution in [2.24, 2.45) is 11.8 Å². The second-order valence-electron chi connectivity index (χ2n) is 3.76. The Bertz CT molecular complexity index is 213. The molecule has 1 saturated carbocycles. The van der Waals surface area contributed by atoms with Gasteiger partial charge in [0.25, 0.3) is 0 Å². The normalized spacial score (nSPS) is 20.5. The van der Waals surface area contributed by atoms with Gasteiger partial charge in [0.1, 0.15) is 5.92 Å². The number of nitrogens with zero attached hydrogens (tertiary/aromatic N) is 1. The molecule has 13 heavy (non-hydrogen) atoms. The largest absolute Gasteiger partial charge is 0.480 e. The predicted molar refractivity (Wildman–Crippen MR) is 47.9 cm³/mol. The zero-order valence-corrected chi connectivity index (χ0v) is 7.70. The molecule has 0 bridgehead atoms. The van der Waals surface area contributed by atoms with Crippen LogP contribution in [0.5, 0.6) is 0 Å². The molecular weight excluding hydrogens is 166 g/mol. The monoisotopic (exact) mass is 181 g/mol. The Morgan fingerprint density at radius 2 is 2.08 bits per heavy atom. The summed E-state index contributed by atoms with van der Waals surface area (Å²) in [5.41, 5.74) is 0. The SMILES string of the molecule is N#CC(CC1CCCCC1)C(=O)O. The van der Waals surface area contributed by atoms with Gasteiger partial charge in [0, 0.05) is 0 Å². The Kier molecular flexibility index (Phi) is 3.75. The van der Waals surface area contributed by atoms with E-state index in [1.807, 2.05) is 6.07 Å². The fraction of sp³-hybridized carbons (Fsp3) is 0.800. The second-order valence-corrected chi connectivity index (χ2v) is 3.76. The maximum atomic E-state index is 10.6. The lowest BCUT2D eigenvalue weighted by molar-refractivity contribution is -0.140. The van der Waals surface area contributed by atoms with Gasteiger partial charge in [-0.1, -0.05) is 32.1 Å². The van der Waals surface area contributed by atoms with E-state index in [0.717, 1.165) is 12.8 Å². The van der Waals surface area contributed by atoms with Gasteiger partial charge in [-0.05, 0) is 12.3 Å². The Labute approximate surface area is 78.4 Å². The Balaban J connectivity index is 2.37. The third-order valence-electron chi connectivity index (χ3n) is 2.75. The summed E-state index contributed by atoms with van der Waals surface area (Å²) >= 11 is 0. The van der Waals surface area contributed by atoms with E-state index >= 15 is 0 Å². The van der Waals surface area contributed by atoms with E-state index in [9.17, 15) is 4.79 Å². The van der Waals surface area contributed by atoms with Crippen molar-refractivity contribution in [3.8, 4) is 6.07 Å². The van der Waals surface area contributed by atoms with Crippen LogP contribution in [0, 0.1) is 23.2 Å². The van der Waals surface area contributed by atoms with E-state index in [1.54, 1.807) is 0 Å². The number of carboxylic acid groups (broad SMARTS) is 1. The minimum Gasteiger partial charge on any atom is -0.480 e. The average molecular weight is 181 g/mol. The van der Waals surface area contributed by atoms with Crippen molar-refractivity contribution in [1.29, 1.82) is 5.26 Å². The van der Waals surface area contributed by atoms with E-state index in [4.69, 9.17) is 10.4 Å². The molecule has 0 amide bonds. The quantitative estimate of drug-likeness (QED) is 0.725. The van der Waals surface area contributed by atoms with Crippen LogP contribution < -0.4 is 0 Å². The molecule has 0 spiro atoms. The molecule has 0 aliphatic heterocycles. The molecule has 72 valence electrons. The summed E-state index contributed by atoms with van der Waals surface area (Å²) in [6.45, 7) is 0. The molecule has 1 N–H and O–H groups in total. The minimum absolute atomic E-state index is 0.467. The number of rotatable bonds is 3. The molecule has 3 nitrogen and oxygen atoms in total. The zero-order chi connectivity index (χ0) is 9.68. The molecule has 3 heteroatoms. The first-order valence-electron chi connectivity index (χ1n) is 4.86. The minimum atomic E-state index is -0.965. The van der Waals surface area contributed by atoms with Crippen LogP contribution in [0.15, 0.2) is 0 Å². The maximum absolute atomic E-state index is 10.6. The number of nitriles is 1. The maximum Gasteiger partial charge on any atom is 0.320 e. The number of carbonyl (C=O) groups is 1. The third kappa shape index (κ3) is 3.06. The highest BCUT2D eigenvalue weighted by atomic mass is 16.4. The fourth-order valence-corrected chi connectivity index (χ4v) is 1.96. The summed E-state index contributed by atoms with van der Waals surface area (Å²) in [7, 11) is 0. The van der Waals surface area contributed by atoms with Crippen LogP contribution in [-0.2, 0) is 4.79 Å². The van der Waals surface area contributed by atoms with E-state index < -0.39 is 11.9 Å². The van der Waals surface area contributed by atoms with Gasteiger partial charge >= 0.3 is 5.97 Å². The first kappa shape index (κ1) is 10.0. The summed E-state index contributed by atoms with van der Waals surface area (Å²) in [6.07, 6.45) is 6.41. The lowest BCUT2D eigenvalue weighted by Gasteiger charge is -2.21. The van der Waals surface area contributed by atoms with Gasteiger partial charge in [0.05, 0.1) is 6.07 Å². The van der Waals surface area contributed by atoms with Crippen LogP contribution in [0.4, 0.5) is 0 Å². The van der Waals surface area contributed by atoms with Gasteiger partial charge in [-0.25, -0.2) is 0 Å². The smallest absolute Gasteiger partial charge is 0.320 e. The average Bonchev–Trinajstić information content (AvgIpc) is 2.15. The summed E-state index contributed by atoms with van der Waals surface area (Å²) in [5, 5.41) is 17.3. The van der Waals surface area contributed by atoms with Crippen molar-refractivity contribution in [3.05, 3.63) is 0 Å². The standard InChI is InChI=1S/C10H15NO2/c11-7-9(10(12)13)6-8-4-2-1-3-5-8/h8-9H,1-6H2,(H,12,13). The molecule has 1 rings (SSSR count). The summed E-state index contributed by atoms with van der Waals surface area (Å²) in [4.78, 5) is 10.6. The number of hydrogen-bond acceptors (Lipinski definition) is 2. The number of hydrogen-bond donors (Lipinski definition) is 1. The molecule has 0 aromatic carbocycles. The van der Waals surface area contributed by atoms with Crippen LogP contribution in [-0.4, -0.2) is 11.1 Å². The van der Waals surface area contributed by atoms with Crippen LogP contribution in [0.3, 0.4) is 0 Å². The predicted octanol–water partition coefficient (Wildman–Crippen LogP) is 2.18. The van der Waals surface area contributed by atoms with Gasteiger partial charge in [0.15, 0.2) is 0 Å². The molecule has 1 atom stereocenters. The summed E-state index contributed by atoms with van der Waals surface area (Å²) < 4.78 is 0. The fourth-order valence-electron chi connectivity index (χ4n) is 1.96. The van der Waals surface area contributed by atoms with Gasteiger partial charge in [-0.3, -0.25) is 4.79 Å². The second kappa shape index (κ2) is 4.86. The first-order valence-corrected chi connectivity index (χ1v) is 4.86. The van der Waals surface area contributed by atoms with Gasteiger partial charge in [-0.2, -0.15) is 5.26 Å². The molecule has 0 saturated heterocycles. The Morgan fingerprint density at radius 1 is 1.46 bits per heavy atom. The van der Waals surface area contributed by atoms with E-state index in [1.165, 1.54) is 19.3 Å². The lowest BCUT2D eigenvalue weighted by atomic mass is 9.83. The van der Waals surface area contributed by atoms with Gasteiger partial charge < -0.3 is 5.11 Å². The number of carboxylic acids is 1. The van der Waals surface area contributed by atoms with Crippen LogP contribution in [0.25, 0.3) is 0 Å². The summed E-state index contributed by atoms with van der Waals surface area (Å²) in [5.74, 6) is -1.29. The van der Waals surface area contributed by atoms with Crippen LogP contribution in [0.2, 0.25) is 0 Å². The van der Waals surface area contributed by atoms with Gasteiger partial charge in [0.2, 0.25) is 0 Å². The molecule has 0 aromatic rings. The molecule has 0 radical (unpaired) electrons. The summed E-state index contributed by atoms with van der Waals surface area (Å²) in [6, 6.07) is 1.85. The first-order chi connectivity index (χ1) is 6.24. The highest BCUT2D eigenvalue weighted by Crippen LogP contribution is 2.28. The molecule has 1 aliphatic rings. The van der Waals surface area contributed by atoms with Gasteiger partial charge in [-0.15, -0.1) is 0 Å². The van der Waals surface area contributed by atoms with Crippen molar-refractivity contribution in [2.45, 2.75) is 38.5 Å². The Morgan fingerprint density at radius 3 is 2.54 bits per heavy atom. The molecular formula is C10H15NO2. The highest BCUT2D eigenvalue weighted by Gasteiger charge is 2.23. The van der Waals surface area contributed by atoms with E-state index in [-0.39, 0.29) is 0 Å². The third-order valence-corrected chi connectivity index (χ3v) is 2.75. The molecule has 1 unspecified atom stereocenters. The molecule has 1 fully saturated rings.